The van der Waals surface area contributed by atoms with Crippen molar-refractivity contribution in [3.63, 3.8) is 0 Å². The van der Waals surface area contributed by atoms with Crippen LogP contribution in [0.25, 0.3) is 0 Å². The molecule has 0 spiro atoms. The average molecular weight is 329 g/mol. The minimum Gasteiger partial charge on any atom is -0.314 e. The average Bonchev–Trinajstić information content (AvgIpc) is 2.38. The fraction of sp³-hybridized carbons (Fsp3) is 0.538. The van der Waals surface area contributed by atoms with E-state index in [0.29, 0.717) is 5.56 Å². The molecule has 1 fully saturated rings. The van der Waals surface area contributed by atoms with E-state index in [-0.39, 0.29) is 23.5 Å². The highest BCUT2D eigenvalue weighted by atomic mass is 35.5. The molecule has 1 heterocycles. The molecule has 0 aliphatic carbocycles. The molecule has 0 amide bonds. The van der Waals surface area contributed by atoms with Crippen molar-refractivity contribution in [2.45, 2.75) is 19.1 Å². The van der Waals surface area contributed by atoms with E-state index >= 15 is 0 Å². The van der Waals surface area contributed by atoms with Gasteiger partial charge < -0.3 is 5.32 Å². The third-order valence-corrected chi connectivity index (χ3v) is 3.91. The van der Waals surface area contributed by atoms with Crippen LogP contribution in [-0.4, -0.2) is 31.1 Å². The van der Waals surface area contributed by atoms with Crippen molar-refractivity contribution >= 4 is 24.0 Å². The molecule has 1 atom stereocenters. The maximum atomic E-state index is 12.8. The lowest BCUT2D eigenvalue weighted by molar-refractivity contribution is -0.137. The lowest BCUT2D eigenvalue weighted by Gasteiger charge is -2.33. The van der Waals surface area contributed by atoms with Gasteiger partial charge in [0, 0.05) is 32.2 Å². The second-order valence-electron chi connectivity index (χ2n) is 4.67. The van der Waals surface area contributed by atoms with Crippen LogP contribution in [0.2, 0.25) is 5.02 Å². The molecule has 1 saturated heterocycles. The predicted molar refractivity (Wildman–Crippen MR) is 76.6 cm³/mol. The van der Waals surface area contributed by atoms with E-state index in [0.717, 1.165) is 32.2 Å². The molecule has 114 valence electrons. The first-order chi connectivity index (χ1) is 8.91. The maximum absolute atomic E-state index is 12.8. The summed E-state index contributed by atoms with van der Waals surface area (Å²) in [6.07, 6.45) is -4.41. The second-order valence-corrected chi connectivity index (χ2v) is 5.05. The molecule has 0 saturated carbocycles. The number of piperazine rings is 1. The Kier molecular flexibility index (Phi) is 6.13. The van der Waals surface area contributed by atoms with Crippen molar-refractivity contribution in [2.24, 2.45) is 0 Å². The van der Waals surface area contributed by atoms with Crippen molar-refractivity contribution in [1.82, 2.24) is 10.2 Å². The topological polar surface area (TPSA) is 15.3 Å². The van der Waals surface area contributed by atoms with Crippen molar-refractivity contribution in [1.29, 1.82) is 0 Å². The zero-order valence-corrected chi connectivity index (χ0v) is 12.6. The molecule has 0 aromatic heterocycles. The van der Waals surface area contributed by atoms with Crippen LogP contribution in [0.4, 0.5) is 13.2 Å². The lowest BCUT2D eigenvalue weighted by Crippen LogP contribution is -2.44. The van der Waals surface area contributed by atoms with Gasteiger partial charge in [0.25, 0.3) is 0 Å². The van der Waals surface area contributed by atoms with Crippen LogP contribution in [-0.2, 0) is 6.18 Å². The van der Waals surface area contributed by atoms with Gasteiger partial charge in [-0.25, -0.2) is 0 Å². The van der Waals surface area contributed by atoms with Gasteiger partial charge >= 0.3 is 6.18 Å². The smallest absolute Gasteiger partial charge is 0.314 e. The van der Waals surface area contributed by atoms with Crippen LogP contribution in [0.1, 0.15) is 24.1 Å². The highest BCUT2D eigenvalue weighted by Gasteiger charge is 2.34. The number of benzene rings is 1. The number of hydrogen-bond acceptors (Lipinski definition) is 2. The molecule has 1 aliphatic heterocycles. The second kappa shape index (κ2) is 6.98. The summed E-state index contributed by atoms with van der Waals surface area (Å²) in [7, 11) is 0. The van der Waals surface area contributed by atoms with Gasteiger partial charge in [-0.3, -0.25) is 4.90 Å². The summed E-state index contributed by atoms with van der Waals surface area (Å²) in [5, 5.41) is 3.04. The van der Waals surface area contributed by atoms with Crippen LogP contribution < -0.4 is 5.32 Å². The molecule has 1 aromatic carbocycles. The first kappa shape index (κ1) is 17.6. The standard InChI is InChI=1S/C13H16ClF3N2.ClH/c1-9(19-7-5-18-6-8-19)10-3-2-4-11(12(10)14)13(15,16)17;/h2-4,9,18H,5-8H2,1H3;1H/t9-;/m0./s1. The summed E-state index contributed by atoms with van der Waals surface area (Å²) in [6, 6.07) is 4.00. The molecule has 1 aromatic rings. The molecule has 2 rings (SSSR count). The van der Waals surface area contributed by atoms with E-state index in [9.17, 15) is 13.2 Å². The molecule has 0 radical (unpaired) electrons. The third-order valence-electron chi connectivity index (χ3n) is 3.48. The highest BCUT2D eigenvalue weighted by molar-refractivity contribution is 6.32. The molecule has 0 bridgehead atoms. The maximum Gasteiger partial charge on any atom is 0.417 e. The Hall–Kier alpha value is -0.490. The van der Waals surface area contributed by atoms with Crippen molar-refractivity contribution < 1.29 is 13.2 Å². The Balaban J connectivity index is 0.00000200. The highest BCUT2D eigenvalue weighted by Crippen LogP contribution is 2.38. The predicted octanol–water partition coefficient (Wildman–Crippen LogP) is 3.75. The lowest BCUT2D eigenvalue weighted by atomic mass is 10.0. The Labute approximate surface area is 127 Å². The van der Waals surface area contributed by atoms with E-state index in [1.165, 1.54) is 6.07 Å². The minimum atomic E-state index is -4.41. The van der Waals surface area contributed by atoms with Gasteiger partial charge in [-0.1, -0.05) is 23.7 Å². The van der Waals surface area contributed by atoms with E-state index < -0.39 is 11.7 Å². The number of alkyl halides is 3. The molecule has 7 heteroatoms. The summed E-state index contributed by atoms with van der Waals surface area (Å²) in [5.74, 6) is 0. The summed E-state index contributed by atoms with van der Waals surface area (Å²) in [4.78, 5) is 2.14. The molecule has 20 heavy (non-hydrogen) atoms. The molecule has 1 N–H and O–H groups in total. The van der Waals surface area contributed by atoms with E-state index in [1.54, 1.807) is 6.07 Å². The van der Waals surface area contributed by atoms with Crippen molar-refractivity contribution in [3.05, 3.63) is 34.3 Å². The van der Waals surface area contributed by atoms with Crippen molar-refractivity contribution in [3.8, 4) is 0 Å². The normalized spacial score (nSPS) is 18.4. The monoisotopic (exact) mass is 328 g/mol. The number of nitrogens with one attached hydrogen (secondary N) is 1. The summed E-state index contributed by atoms with van der Waals surface area (Å²) in [5.41, 5.74) is -0.216. The van der Waals surface area contributed by atoms with Crippen LogP contribution in [0.3, 0.4) is 0 Å². The minimum absolute atomic E-state index is 0. The third kappa shape index (κ3) is 3.79. The van der Waals surface area contributed by atoms with Gasteiger partial charge in [0.15, 0.2) is 0 Å². The Morgan fingerprint density at radius 2 is 1.85 bits per heavy atom. The molecular weight excluding hydrogens is 312 g/mol. The molecule has 1 aliphatic rings. The largest absolute Gasteiger partial charge is 0.417 e. The summed E-state index contributed by atoms with van der Waals surface area (Å²) < 4.78 is 38.5. The van der Waals surface area contributed by atoms with Gasteiger partial charge in [0.1, 0.15) is 0 Å². The summed E-state index contributed by atoms with van der Waals surface area (Å²) in [6.45, 7) is 5.22. The van der Waals surface area contributed by atoms with Crippen molar-refractivity contribution in [2.75, 3.05) is 26.2 Å². The van der Waals surface area contributed by atoms with Gasteiger partial charge in [0.2, 0.25) is 0 Å². The Morgan fingerprint density at radius 3 is 2.40 bits per heavy atom. The fourth-order valence-electron chi connectivity index (χ4n) is 2.36. The summed E-state index contributed by atoms with van der Waals surface area (Å²) >= 11 is 5.95. The molecule has 0 unspecified atom stereocenters. The molecular formula is C13H17Cl2F3N2. The van der Waals surface area contributed by atoms with Crippen LogP contribution in [0.5, 0.6) is 0 Å². The molecule has 2 nitrogen and oxygen atoms in total. The first-order valence-corrected chi connectivity index (χ1v) is 6.59. The number of hydrogen-bond donors (Lipinski definition) is 1. The van der Waals surface area contributed by atoms with Gasteiger partial charge in [-0.15, -0.1) is 12.4 Å². The zero-order chi connectivity index (χ0) is 14.0. The van der Waals surface area contributed by atoms with Gasteiger partial charge in [-0.05, 0) is 18.6 Å². The van der Waals surface area contributed by atoms with E-state index in [2.05, 4.69) is 10.2 Å². The Bertz CT molecular complexity index is 446. The van der Waals surface area contributed by atoms with E-state index in [4.69, 9.17) is 11.6 Å². The van der Waals surface area contributed by atoms with Crippen LogP contribution >= 0.6 is 24.0 Å². The van der Waals surface area contributed by atoms with E-state index in [1.807, 2.05) is 6.92 Å². The fourth-order valence-corrected chi connectivity index (χ4v) is 2.75. The van der Waals surface area contributed by atoms with Gasteiger partial charge in [0.05, 0.1) is 10.6 Å². The first-order valence-electron chi connectivity index (χ1n) is 6.21. The Morgan fingerprint density at radius 1 is 1.25 bits per heavy atom. The number of rotatable bonds is 2. The van der Waals surface area contributed by atoms with Crippen LogP contribution in [0, 0.1) is 0 Å². The SMILES string of the molecule is C[C@@H](c1cccc(C(F)(F)F)c1Cl)N1CCNCC1.Cl. The van der Waals surface area contributed by atoms with Gasteiger partial charge in [-0.2, -0.15) is 13.2 Å². The number of halogens is 5. The van der Waals surface area contributed by atoms with Crippen LogP contribution in [0.15, 0.2) is 18.2 Å². The number of nitrogens with zero attached hydrogens (tertiary/aromatic N) is 1. The quantitative estimate of drug-likeness (QED) is 0.889. The zero-order valence-electron chi connectivity index (χ0n) is 11.0.